The molecular formula is C17H17F2NO3. The van der Waals surface area contributed by atoms with Crippen molar-refractivity contribution in [3.05, 3.63) is 34.6 Å². The maximum Gasteiger partial charge on any atom is 0.325 e. The van der Waals surface area contributed by atoms with E-state index in [0.717, 1.165) is 12.8 Å². The van der Waals surface area contributed by atoms with Gasteiger partial charge in [0, 0.05) is 17.7 Å². The van der Waals surface area contributed by atoms with Crippen molar-refractivity contribution in [2.75, 3.05) is 20.2 Å². The molecule has 2 aliphatic carbocycles. The minimum absolute atomic E-state index is 0.0279. The number of rotatable bonds is 3. The van der Waals surface area contributed by atoms with Crippen molar-refractivity contribution in [2.24, 2.45) is 0 Å². The zero-order valence-electron chi connectivity index (χ0n) is 12.8. The maximum absolute atomic E-state index is 15.0. The summed E-state index contributed by atoms with van der Waals surface area (Å²) in [7, 11) is 1.23. The molecule has 0 bridgehead atoms. The summed E-state index contributed by atoms with van der Waals surface area (Å²) in [5, 5.41) is 0. The first-order chi connectivity index (χ1) is 11.0. The highest BCUT2D eigenvalue weighted by atomic mass is 19.1. The molecule has 3 aliphatic rings. The lowest BCUT2D eigenvalue weighted by atomic mass is 9.83. The van der Waals surface area contributed by atoms with Gasteiger partial charge in [0.25, 0.3) is 5.91 Å². The van der Waals surface area contributed by atoms with Gasteiger partial charge >= 0.3 is 5.97 Å². The van der Waals surface area contributed by atoms with Crippen molar-refractivity contribution in [2.45, 2.75) is 36.8 Å². The number of halogens is 2. The molecule has 6 heteroatoms. The van der Waals surface area contributed by atoms with Crippen LogP contribution in [0.1, 0.15) is 46.7 Å². The van der Waals surface area contributed by atoms with Gasteiger partial charge < -0.3 is 9.64 Å². The number of alkyl halides is 1. The van der Waals surface area contributed by atoms with Crippen molar-refractivity contribution < 1.29 is 23.1 Å². The van der Waals surface area contributed by atoms with Gasteiger partial charge in [-0.25, -0.2) is 8.78 Å². The van der Waals surface area contributed by atoms with Crippen LogP contribution in [0, 0.1) is 5.82 Å². The fraction of sp³-hybridized carbons (Fsp3) is 0.529. The molecule has 4 rings (SSSR count). The number of carbonyl (C=O) groups excluding carboxylic acids is 2. The summed E-state index contributed by atoms with van der Waals surface area (Å²) in [6, 6.07) is 3.22. The zero-order valence-corrected chi connectivity index (χ0v) is 12.8. The summed E-state index contributed by atoms with van der Waals surface area (Å²) in [5.41, 5.74) is 0.00542. The van der Waals surface area contributed by atoms with Crippen LogP contribution in [0.15, 0.2) is 12.1 Å². The lowest BCUT2D eigenvalue weighted by Crippen LogP contribution is -2.47. The van der Waals surface area contributed by atoms with Gasteiger partial charge in [0.2, 0.25) is 0 Å². The summed E-state index contributed by atoms with van der Waals surface area (Å²) in [5.74, 6) is -1.23. The Kier molecular flexibility index (Phi) is 3.02. The third-order valence-corrected chi connectivity index (χ3v) is 5.21. The molecule has 1 spiro atoms. The van der Waals surface area contributed by atoms with Gasteiger partial charge in [-0.05, 0) is 36.8 Å². The van der Waals surface area contributed by atoms with Crippen LogP contribution in [0.4, 0.5) is 8.78 Å². The average Bonchev–Trinajstić information content (AvgIpc) is 3.43. The van der Waals surface area contributed by atoms with Crippen molar-refractivity contribution in [1.82, 2.24) is 4.90 Å². The molecular weight excluding hydrogens is 304 g/mol. The number of hydrogen-bond donors (Lipinski definition) is 0. The number of methoxy groups -OCH3 is 1. The molecule has 2 saturated carbocycles. The molecule has 0 radical (unpaired) electrons. The van der Waals surface area contributed by atoms with E-state index >= 15 is 0 Å². The van der Waals surface area contributed by atoms with Gasteiger partial charge in [-0.15, -0.1) is 0 Å². The van der Waals surface area contributed by atoms with Crippen LogP contribution in [0.3, 0.4) is 0 Å². The molecule has 0 N–H and O–H groups in total. The molecule has 0 aromatic heterocycles. The maximum atomic E-state index is 15.0. The normalized spacial score (nSPS) is 28.7. The first-order valence-corrected chi connectivity index (χ1v) is 7.81. The number of ether oxygens (including phenoxy) is 1. The summed E-state index contributed by atoms with van der Waals surface area (Å²) in [6.07, 6.45) is 0.878. The molecule has 23 heavy (non-hydrogen) atoms. The Morgan fingerprint density at radius 1 is 1.43 bits per heavy atom. The van der Waals surface area contributed by atoms with E-state index in [2.05, 4.69) is 4.74 Å². The van der Waals surface area contributed by atoms with Crippen molar-refractivity contribution in [3.63, 3.8) is 0 Å². The van der Waals surface area contributed by atoms with E-state index in [-0.39, 0.29) is 36.6 Å². The van der Waals surface area contributed by atoms with E-state index in [0.29, 0.717) is 5.56 Å². The first-order valence-electron chi connectivity index (χ1n) is 7.81. The molecule has 1 aromatic carbocycles. The number of fused-ring (bicyclic) bond motifs is 2. The molecule has 1 heterocycles. The Morgan fingerprint density at radius 3 is 2.70 bits per heavy atom. The van der Waals surface area contributed by atoms with Gasteiger partial charge in [0.1, 0.15) is 18.5 Å². The summed E-state index contributed by atoms with van der Waals surface area (Å²) < 4.78 is 33.7. The average molecular weight is 321 g/mol. The molecule has 2 fully saturated rings. The standard InChI is InChI=1S/C17H17F2NO3/c1-23-13(21)7-20-8-17(6-12(17)18)14-11(16(20)22)5-4-10(15(14)19)9-2-3-9/h4-5,9,12H,2-3,6-8H2,1H3/t12-,17+/m1/s1. The minimum Gasteiger partial charge on any atom is -0.468 e. The summed E-state index contributed by atoms with van der Waals surface area (Å²) >= 11 is 0. The Bertz CT molecular complexity index is 716. The van der Waals surface area contributed by atoms with Gasteiger partial charge in [0.05, 0.1) is 12.5 Å². The number of hydrogen-bond acceptors (Lipinski definition) is 3. The second-order valence-electron chi connectivity index (χ2n) is 6.73. The van der Waals surface area contributed by atoms with Crippen LogP contribution in [-0.4, -0.2) is 43.1 Å². The molecule has 0 saturated heterocycles. The molecule has 122 valence electrons. The van der Waals surface area contributed by atoms with E-state index < -0.39 is 29.3 Å². The minimum atomic E-state index is -1.18. The van der Waals surface area contributed by atoms with Gasteiger partial charge in [0.15, 0.2) is 0 Å². The van der Waals surface area contributed by atoms with E-state index in [1.54, 1.807) is 12.1 Å². The highest BCUT2D eigenvalue weighted by molar-refractivity contribution is 5.99. The van der Waals surface area contributed by atoms with Crippen LogP contribution in [-0.2, 0) is 14.9 Å². The van der Waals surface area contributed by atoms with Crippen LogP contribution >= 0.6 is 0 Å². The topological polar surface area (TPSA) is 46.6 Å². The highest BCUT2D eigenvalue weighted by Gasteiger charge is 2.62. The largest absolute Gasteiger partial charge is 0.468 e. The van der Waals surface area contributed by atoms with Crippen molar-refractivity contribution >= 4 is 11.9 Å². The van der Waals surface area contributed by atoms with E-state index in [1.807, 2.05) is 0 Å². The third-order valence-electron chi connectivity index (χ3n) is 5.21. The fourth-order valence-electron chi connectivity index (χ4n) is 3.66. The number of esters is 1. The monoisotopic (exact) mass is 321 g/mol. The molecule has 0 unspecified atom stereocenters. The van der Waals surface area contributed by atoms with E-state index in [9.17, 15) is 18.4 Å². The summed E-state index contributed by atoms with van der Waals surface area (Å²) in [6.45, 7) is -0.213. The smallest absolute Gasteiger partial charge is 0.325 e. The SMILES string of the molecule is COC(=O)CN1C[C@]2(C[C@H]2F)c2c(ccc(C3CC3)c2F)C1=O. The number of nitrogens with zero attached hydrogens (tertiary/aromatic N) is 1. The molecule has 2 atom stereocenters. The fourth-order valence-corrected chi connectivity index (χ4v) is 3.66. The van der Waals surface area contributed by atoms with E-state index in [1.165, 1.54) is 12.0 Å². The Hall–Kier alpha value is -1.98. The number of carbonyl (C=O) groups is 2. The van der Waals surface area contributed by atoms with Crippen LogP contribution in [0.2, 0.25) is 0 Å². The highest BCUT2D eigenvalue weighted by Crippen LogP contribution is 2.56. The third kappa shape index (κ3) is 2.07. The Balaban J connectivity index is 1.79. The summed E-state index contributed by atoms with van der Waals surface area (Å²) in [4.78, 5) is 25.3. The molecule has 4 nitrogen and oxygen atoms in total. The molecule has 1 aromatic rings. The molecule has 1 amide bonds. The van der Waals surface area contributed by atoms with E-state index in [4.69, 9.17) is 0 Å². The van der Waals surface area contributed by atoms with Gasteiger partial charge in [-0.1, -0.05) is 6.07 Å². The predicted molar refractivity (Wildman–Crippen MR) is 77.5 cm³/mol. The predicted octanol–water partition coefficient (Wildman–Crippen LogP) is 2.31. The van der Waals surface area contributed by atoms with Crippen molar-refractivity contribution in [1.29, 1.82) is 0 Å². The van der Waals surface area contributed by atoms with Crippen LogP contribution in [0.5, 0.6) is 0 Å². The number of benzene rings is 1. The zero-order chi connectivity index (χ0) is 16.4. The van der Waals surface area contributed by atoms with Crippen LogP contribution < -0.4 is 0 Å². The Labute approximate surface area is 132 Å². The Morgan fingerprint density at radius 2 is 2.13 bits per heavy atom. The quantitative estimate of drug-likeness (QED) is 0.803. The van der Waals surface area contributed by atoms with Gasteiger partial charge in [-0.3, -0.25) is 9.59 Å². The van der Waals surface area contributed by atoms with Gasteiger partial charge in [-0.2, -0.15) is 0 Å². The second kappa shape index (κ2) is 4.76. The molecule has 1 aliphatic heterocycles. The second-order valence-corrected chi connectivity index (χ2v) is 6.73. The lowest BCUT2D eigenvalue weighted by molar-refractivity contribution is -0.141. The lowest BCUT2D eigenvalue weighted by Gasteiger charge is -2.34. The first kappa shape index (κ1) is 14.6. The number of amides is 1. The van der Waals surface area contributed by atoms with Crippen molar-refractivity contribution in [3.8, 4) is 0 Å². The van der Waals surface area contributed by atoms with Crippen LogP contribution in [0.25, 0.3) is 0 Å².